The Bertz CT molecular complexity index is 926. The summed E-state index contributed by atoms with van der Waals surface area (Å²) >= 11 is 0. The number of piperazine rings is 1. The Hall–Kier alpha value is -3.35. The maximum absolute atomic E-state index is 13.4. The molecule has 3 aromatic rings. The van der Waals surface area contributed by atoms with Crippen LogP contribution in [0.3, 0.4) is 0 Å². The number of halogens is 1. The molecule has 28 heavy (non-hydrogen) atoms. The maximum atomic E-state index is 13.4. The number of hydrogen-bond donors (Lipinski definition) is 1. The molecule has 0 atom stereocenters. The molecule has 0 amide bonds. The van der Waals surface area contributed by atoms with Crippen molar-refractivity contribution in [2.75, 3.05) is 48.4 Å². The van der Waals surface area contributed by atoms with E-state index in [4.69, 9.17) is 4.74 Å². The Morgan fingerprint density at radius 2 is 1.71 bits per heavy atom. The van der Waals surface area contributed by atoms with Crippen LogP contribution < -0.4 is 19.9 Å². The summed E-state index contributed by atoms with van der Waals surface area (Å²) in [5.41, 5.74) is 1.82. The van der Waals surface area contributed by atoms with Gasteiger partial charge >= 0.3 is 0 Å². The standard InChI is InChI=1S/C21H22FN5O/c1-28-19-7-5-18(6-8-19)26-11-13-27(14-12-26)20-9-10-23-21(25-20)24-17-4-2-3-16(22)15-17/h2-10,15H,11-14H2,1H3,(H,23,24,25). The van der Waals surface area contributed by atoms with Crippen molar-refractivity contribution in [1.29, 1.82) is 0 Å². The molecule has 1 saturated heterocycles. The average Bonchev–Trinajstić information content (AvgIpc) is 2.74. The zero-order valence-electron chi connectivity index (χ0n) is 15.7. The average molecular weight is 379 g/mol. The zero-order chi connectivity index (χ0) is 19.3. The van der Waals surface area contributed by atoms with Crippen LogP contribution in [0.25, 0.3) is 0 Å². The quantitative estimate of drug-likeness (QED) is 0.730. The second kappa shape index (κ2) is 8.12. The van der Waals surface area contributed by atoms with E-state index >= 15 is 0 Å². The SMILES string of the molecule is COc1ccc(N2CCN(c3ccnc(Nc4cccc(F)c4)n3)CC2)cc1. The van der Waals surface area contributed by atoms with Gasteiger partial charge in [-0.2, -0.15) is 4.98 Å². The largest absolute Gasteiger partial charge is 0.497 e. The number of anilines is 4. The maximum Gasteiger partial charge on any atom is 0.229 e. The second-order valence-electron chi connectivity index (χ2n) is 6.55. The van der Waals surface area contributed by atoms with Gasteiger partial charge in [0.2, 0.25) is 5.95 Å². The molecule has 1 aromatic heterocycles. The van der Waals surface area contributed by atoms with Gasteiger partial charge in [0.25, 0.3) is 0 Å². The van der Waals surface area contributed by atoms with E-state index in [2.05, 4.69) is 37.2 Å². The van der Waals surface area contributed by atoms with Crippen LogP contribution >= 0.6 is 0 Å². The number of ether oxygens (including phenoxy) is 1. The van der Waals surface area contributed by atoms with Crippen LogP contribution in [-0.4, -0.2) is 43.3 Å². The minimum atomic E-state index is -0.296. The first-order valence-electron chi connectivity index (χ1n) is 9.21. The summed E-state index contributed by atoms with van der Waals surface area (Å²) in [6.07, 6.45) is 1.72. The zero-order valence-corrected chi connectivity index (χ0v) is 15.7. The Kier molecular flexibility index (Phi) is 5.23. The highest BCUT2D eigenvalue weighted by molar-refractivity contribution is 5.56. The van der Waals surface area contributed by atoms with Crippen molar-refractivity contribution in [3.8, 4) is 5.75 Å². The molecule has 2 aromatic carbocycles. The van der Waals surface area contributed by atoms with Gasteiger partial charge in [0.15, 0.2) is 0 Å². The molecule has 6 nitrogen and oxygen atoms in total. The fraction of sp³-hybridized carbons (Fsp3) is 0.238. The van der Waals surface area contributed by atoms with Gasteiger partial charge in [0.1, 0.15) is 17.4 Å². The lowest BCUT2D eigenvalue weighted by Gasteiger charge is -2.36. The van der Waals surface area contributed by atoms with Crippen molar-refractivity contribution in [2.45, 2.75) is 0 Å². The third kappa shape index (κ3) is 4.14. The van der Waals surface area contributed by atoms with Gasteiger partial charge in [-0.25, -0.2) is 9.37 Å². The molecular weight excluding hydrogens is 357 g/mol. The van der Waals surface area contributed by atoms with Gasteiger partial charge in [-0.15, -0.1) is 0 Å². The smallest absolute Gasteiger partial charge is 0.229 e. The molecule has 0 unspecified atom stereocenters. The van der Waals surface area contributed by atoms with Crippen LogP contribution in [0.5, 0.6) is 5.75 Å². The van der Waals surface area contributed by atoms with Gasteiger partial charge < -0.3 is 19.9 Å². The minimum absolute atomic E-state index is 0.296. The predicted octanol–water partition coefficient (Wildman–Crippen LogP) is 3.69. The monoisotopic (exact) mass is 379 g/mol. The number of nitrogens with zero attached hydrogens (tertiary/aromatic N) is 4. The Morgan fingerprint density at radius 3 is 2.43 bits per heavy atom. The second-order valence-corrected chi connectivity index (χ2v) is 6.55. The van der Waals surface area contributed by atoms with Gasteiger partial charge in [-0.3, -0.25) is 0 Å². The first-order valence-corrected chi connectivity index (χ1v) is 9.21. The molecule has 2 heterocycles. The van der Waals surface area contributed by atoms with Gasteiger partial charge in [0.05, 0.1) is 7.11 Å². The number of methoxy groups -OCH3 is 1. The third-order valence-electron chi connectivity index (χ3n) is 4.76. The molecule has 0 spiro atoms. The fourth-order valence-electron chi connectivity index (χ4n) is 3.27. The van der Waals surface area contributed by atoms with E-state index in [-0.39, 0.29) is 5.82 Å². The molecule has 1 N–H and O–H groups in total. The molecule has 144 valence electrons. The Balaban J connectivity index is 1.40. The summed E-state index contributed by atoms with van der Waals surface area (Å²) in [7, 11) is 1.67. The molecule has 0 aliphatic carbocycles. The van der Waals surface area contributed by atoms with Crippen molar-refractivity contribution in [3.63, 3.8) is 0 Å². The first-order chi connectivity index (χ1) is 13.7. The lowest BCUT2D eigenvalue weighted by molar-refractivity contribution is 0.415. The highest BCUT2D eigenvalue weighted by Gasteiger charge is 2.19. The molecule has 0 bridgehead atoms. The lowest BCUT2D eigenvalue weighted by Crippen LogP contribution is -2.46. The van der Waals surface area contributed by atoms with Crippen LogP contribution in [-0.2, 0) is 0 Å². The summed E-state index contributed by atoms with van der Waals surface area (Å²) < 4.78 is 18.6. The van der Waals surface area contributed by atoms with Crippen molar-refractivity contribution < 1.29 is 9.13 Å². The van der Waals surface area contributed by atoms with E-state index in [1.807, 2.05) is 18.2 Å². The molecule has 1 fully saturated rings. The van der Waals surface area contributed by atoms with E-state index in [1.165, 1.54) is 17.8 Å². The fourth-order valence-corrected chi connectivity index (χ4v) is 3.27. The van der Waals surface area contributed by atoms with Crippen LogP contribution in [0.4, 0.5) is 27.5 Å². The van der Waals surface area contributed by atoms with Crippen molar-refractivity contribution in [3.05, 3.63) is 66.6 Å². The number of nitrogens with one attached hydrogen (secondary N) is 1. The van der Waals surface area contributed by atoms with Crippen molar-refractivity contribution in [2.24, 2.45) is 0 Å². The summed E-state index contributed by atoms with van der Waals surface area (Å²) in [5.74, 6) is 1.89. The van der Waals surface area contributed by atoms with Crippen molar-refractivity contribution >= 4 is 23.1 Å². The van der Waals surface area contributed by atoms with Crippen LogP contribution in [0.1, 0.15) is 0 Å². The molecule has 4 rings (SSSR count). The van der Waals surface area contributed by atoms with E-state index in [0.717, 1.165) is 37.7 Å². The Labute approximate surface area is 163 Å². The highest BCUT2D eigenvalue weighted by Crippen LogP contribution is 2.23. The molecule has 0 radical (unpaired) electrons. The van der Waals surface area contributed by atoms with Gasteiger partial charge in [-0.1, -0.05) is 6.07 Å². The number of hydrogen-bond acceptors (Lipinski definition) is 6. The summed E-state index contributed by atoms with van der Waals surface area (Å²) in [6, 6.07) is 16.3. The van der Waals surface area contributed by atoms with E-state index in [1.54, 1.807) is 25.4 Å². The highest BCUT2D eigenvalue weighted by atomic mass is 19.1. The first kappa shape index (κ1) is 18.0. The number of benzene rings is 2. The van der Waals surface area contributed by atoms with Gasteiger partial charge in [0, 0.05) is 43.8 Å². The molecule has 0 saturated carbocycles. The van der Waals surface area contributed by atoms with Gasteiger partial charge in [-0.05, 0) is 48.5 Å². The third-order valence-corrected chi connectivity index (χ3v) is 4.76. The van der Waals surface area contributed by atoms with E-state index in [0.29, 0.717) is 11.6 Å². The molecule has 7 heteroatoms. The summed E-state index contributed by atoms with van der Waals surface area (Å²) in [4.78, 5) is 13.4. The van der Waals surface area contributed by atoms with E-state index < -0.39 is 0 Å². The van der Waals surface area contributed by atoms with Crippen molar-refractivity contribution in [1.82, 2.24) is 9.97 Å². The lowest BCUT2D eigenvalue weighted by atomic mass is 10.2. The normalized spacial score (nSPS) is 14.1. The predicted molar refractivity (Wildman–Crippen MR) is 109 cm³/mol. The summed E-state index contributed by atoms with van der Waals surface area (Å²) in [5, 5.41) is 3.06. The summed E-state index contributed by atoms with van der Waals surface area (Å²) in [6.45, 7) is 3.54. The number of rotatable bonds is 5. The molecular formula is C21H22FN5O. The molecule has 1 aliphatic heterocycles. The van der Waals surface area contributed by atoms with Crippen LogP contribution in [0, 0.1) is 5.82 Å². The number of aromatic nitrogens is 2. The van der Waals surface area contributed by atoms with E-state index in [9.17, 15) is 4.39 Å². The van der Waals surface area contributed by atoms with Crippen LogP contribution in [0.15, 0.2) is 60.8 Å². The topological polar surface area (TPSA) is 53.5 Å². The molecule has 1 aliphatic rings. The van der Waals surface area contributed by atoms with Crippen LogP contribution in [0.2, 0.25) is 0 Å². The minimum Gasteiger partial charge on any atom is -0.497 e. The Morgan fingerprint density at radius 1 is 0.964 bits per heavy atom.